The number of hydrogen-bond donors (Lipinski definition) is 2. The first kappa shape index (κ1) is 17.8. The Morgan fingerprint density at radius 3 is 2.70 bits per heavy atom. The standard InChI is InChI=1S/C16H21Cl2N5/c1-11-10-14(19-8-5-9-23(2)3)22-16(20-11)21-13-7-4-6-12(17)15(13)18/h4,6-7,10H,5,8-9H2,1-3H3,(H2,19,20,21,22). The van der Waals surface area contributed by atoms with Crippen molar-refractivity contribution in [2.24, 2.45) is 0 Å². The lowest BCUT2D eigenvalue weighted by Crippen LogP contribution is -2.17. The number of hydrogen-bond acceptors (Lipinski definition) is 5. The van der Waals surface area contributed by atoms with Gasteiger partial charge in [0.1, 0.15) is 5.82 Å². The molecule has 0 saturated heterocycles. The molecule has 0 radical (unpaired) electrons. The molecule has 1 aromatic carbocycles. The quantitative estimate of drug-likeness (QED) is 0.730. The molecule has 0 aliphatic rings. The van der Waals surface area contributed by atoms with Gasteiger partial charge in [0.25, 0.3) is 0 Å². The second-order valence-corrected chi connectivity index (χ2v) is 6.31. The molecule has 7 heteroatoms. The van der Waals surface area contributed by atoms with Crippen LogP contribution in [-0.2, 0) is 0 Å². The van der Waals surface area contributed by atoms with Gasteiger partial charge >= 0.3 is 0 Å². The van der Waals surface area contributed by atoms with Crippen LogP contribution in [0.15, 0.2) is 24.3 Å². The Labute approximate surface area is 147 Å². The smallest absolute Gasteiger partial charge is 0.229 e. The molecule has 1 heterocycles. The Morgan fingerprint density at radius 1 is 1.17 bits per heavy atom. The highest BCUT2D eigenvalue weighted by Gasteiger charge is 2.07. The fourth-order valence-electron chi connectivity index (χ4n) is 2.05. The van der Waals surface area contributed by atoms with Gasteiger partial charge in [-0.1, -0.05) is 29.3 Å². The lowest BCUT2D eigenvalue weighted by molar-refractivity contribution is 0.405. The lowest BCUT2D eigenvalue weighted by atomic mass is 10.3. The monoisotopic (exact) mass is 353 g/mol. The summed E-state index contributed by atoms with van der Waals surface area (Å²) in [6, 6.07) is 7.32. The number of rotatable bonds is 7. The van der Waals surface area contributed by atoms with Crippen LogP contribution in [0, 0.1) is 6.92 Å². The second-order valence-electron chi connectivity index (χ2n) is 5.53. The lowest BCUT2D eigenvalue weighted by Gasteiger charge is -2.12. The molecule has 0 aliphatic heterocycles. The molecule has 1 aromatic heterocycles. The first-order valence-electron chi connectivity index (χ1n) is 7.41. The van der Waals surface area contributed by atoms with E-state index in [0.29, 0.717) is 21.7 Å². The van der Waals surface area contributed by atoms with Crippen LogP contribution in [0.25, 0.3) is 0 Å². The molecule has 0 unspecified atom stereocenters. The second kappa shape index (κ2) is 8.34. The predicted octanol–water partition coefficient (Wildman–Crippen LogP) is 4.20. The van der Waals surface area contributed by atoms with Gasteiger partial charge in [-0.2, -0.15) is 4.98 Å². The molecule has 0 spiro atoms. The summed E-state index contributed by atoms with van der Waals surface area (Å²) in [7, 11) is 4.12. The normalized spacial score (nSPS) is 10.9. The largest absolute Gasteiger partial charge is 0.370 e. The molecule has 0 aliphatic carbocycles. The maximum Gasteiger partial charge on any atom is 0.229 e. The van der Waals surface area contributed by atoms with Gasteiger partial charge in [-0.15, -0.1) is 0 Å². The first-order valence-corrected chi connectivity index (χ1v) is 8.16. The summed E-state index contributed by atoms with van der Waals surface area (Å²) in [5, 5.41) is 7.38. The van der Waals surface area contributed by atoms with Gasteiger partial charge in [-0.25, -0.2) is 4.98 Å². The molecule has 5 nitrogen and oxygen atoms in total. The molecule has 0 amide bonds. The first-order chi connectivity index (χ1) is 11.0. The summed E-state index contributed by atoms with van der Waals surface area (Å²) >= 11 is 12.2. The third kappa shape index (κ3) is 5.53. The Morgan fingerprint density at radius 2 is 1.96 bits per heavy atom. The van der Waals surface area contributed by atoms with Crippen molar-refractivity contribution in [3.05, 3.63) is 40.0 Å². The fraction of sp³-hybridized carbons (Fsp3) is 0.375. The van der Waals surface area contributed by atoms with Gasteiger partial charge in [-0.3, -0.25) is 0 Å². The Hall–Kier alpha value is -1.56. The minimum atomic E-state index is 0.458. The number of nitrogens with zero attached hydrogens (tertiary/aromatic N) is 3. The van der Waals surface area contributed by atoms with Crippen LogP contribution in [0.3, 0.4) is 0 Å². The molecule has 2 N–H and O–H groups in total. The van der Waals surface area contributed by atoms with Gasteiger partial charge in [0.05, 0.1) is 15.7 Å². The molecule has 0 saturated carbocycles. The highest BCUT2D eigenvalue weighted by molar-refractivity contribution is 6.43. The highest BCUT2D eigenvalue weighted by Crippen LogP contribution is 2.31. The minimum Gasteiger partial charge on any atom is -0.370 e. The SMILES string of the molecule is Cc1cc(NCCCN(C)C)nc(Nc2cccc(Cl)c2Cl)n1. The zero-order valence-corrected chi connectivity index (χ0v) is 15.0. The topological polar surface area (TPSA) is 53.1 Å². The van der Waals surface area contributed by atoms with Gasteiger partial charge in [0, 0.05) is 18.3 Å². The van der Waals surface area contributed by atoms with E-state index in [1.165, 1.54) is 0 Å². The molecular weight excluding hydrogens is 333 g/mol. The van der Waals surface area contributed by atoms with E-state index in [2.05, 4.69) is 39.6 Å². The van der Waals surface area contributed by atoms with Crippen molar-refractivity contribution in [3.63, 3.8) is 0 Å². The van der Waals surface area contributed by atoms with Gasteiger partial charge in [-0.05, 0) is 46.1 Å². The third-order valence-corrected chi connectivity index (χ3v) is 3.96. The van der Waals surface area contributed by atoms with Crippen molar-refractivity contribution in [1.29, 1.82) is 0 Å². The number of anilines is 3. The molecule has 2 aromatic rings. The maximum absolute atomic E-state index is 6.18. The van der Waals surface area contributed by atoms with Gasteiger partial charge < -0.3 is 15.5 Å². The molecule has 23 heavy (non-hydrogen) atoms. The summed E-state index contributed by atoms with van der Waals surface area (Å²) in [6.45, 7) is 3.81. The number of aromatic nitrogens is 2. The van der Waals surface area contributed by atoms with Crippen LogP contribution in [0.1, 0.15) is 12.1 Å². The van der Waals surface area contributed by atoms with E-state index in [1.807, 2.05) is 25.1 Å². The molecule has 124 valence electrons. The van der Waals surface area contributed by atoms with Crippen molar-refractivity contribution < 1.29 is 0 Å². The van der Waals surface area contributed by atoms with E-state index in [9.17, 15) is 0 Å². The van der Waals surface area contributed by atoms with Crippen molar-refractivity contribution in [3.8, 4) is 0 Å². The van der Waals surface area contributed by atoms with Crippen molar-refractivity contribution in [2.75, 3.05) is 37.8 Å². The number of benzene rings is 1. The van der Waals surface area contributed by atoms with Crippen molar-refractivity contribution in [1.82, 2.24) is 14.9 Å². The number of aryl methyl sites for hydroxylation is 1. The van der Waals surface area contributed by atoms with E-state index >= 15 is 0 Å². The summed E-state index contributed by atoms with van der Waals surface area (Å²) < 4.78 is 0. The van der Waals surface area contributed by atoms with Crippen LogP contribution in [0.5, 0.6) is 0 Å². The van der Waals surface area contributed by atoms with Crippen molar-refractivity contribution >= 4 is 40.7 Å². The molecule has 0 bridgehead atoms. The van der Waals surface area contributed by atoms with Crippen LogP contribution < -0.4 is 10.6 Å². The van der Waals surface area contributed by atoms with E-state index in [-0.39, 0.29) is 0 Å². The van der Waals surface area contributed by atoms with Crippen LogP contribution in [0.4, 0.5) is 17.5 Å². The highest BCUT2D eigenvalue weighted by atomic mass is 35.5. The van der Waals surface area contributed by atoms with E-state index in [1.54, 1.807) is 6.07 Å². The zero-order chi connectivity index (χ0) is 16.8. The Balaban J connectivity index is 2.06. The molecular formula is C16H21Cl2N5. The number of nitrogens with one attached hydrogen (secondary N) is 2. The van der Waals surface area contributed by atoms with E-state index in [4.69, 9.17) is 23.2 Å². The van der Waals surface area contributed by atoms with Crippen LogP contribution >= 0.6 is 23.2 Å². The number of halogens is 2. The summed E-state index contributed by atoms with van der Waals surface area (Å²) in [6.07, 6.45) is 1.04. The Kier molecular flexibility index (Phi) is 6.45. The maximum atomic E-state index is 6.18. The molecule has 0 fully saturated rings. The Bertz CT molecular complexity index is 661. The van der Waals surface area contributed by atoms with Gasteiger partial charge in [0.2, 0.25) is 5.95 Å². The average molecular weight is 354 g/mol. The van der Waals surface area contributed by atoms with Gasteiger partial charge in [0.15, 0.2) is 0 Å². The fourth-order valence-corrected chi connectivity index (χ4v) is 2.40. The predicted molar refractivity (Wildman–Crippen MR) is 98.2 cm³/mol. The summed E-state index contributed by atoms with van der Waals surface area (Å²) in [4.78, 5) is 11.0. The van der Waals surface area contributed by atoms with Crippen LogP contribution in [-0.4, -0.2) is 42.1 Å². The summed E-state index contributed by atoms with van der Waals surface area (Å²) in [5.74, 6) is 1.28. The minimum absolute atomic E-state index is 0.458. The molecule has 2 rings (SSSR count). The summed E-state index contributed by atoms with van der Waals surface area (Å²) in [5.41, 5.74) is 1.55. The van der Waals surface area contributed by atoms with E-state index in [0.717, 1.165) is 31.0 Å². The van der Waals surface area contributed by atoms with Crippen molar-refractivity contribution in [2.45, 2.75) is 13.3 Å². The molecule has 0 atom stereocenters. The van der Waals surface area contributed by atoms with E-state index < -0.39 is 0 Å². The average Bonchev–Trinajstić information content (AvgIpc) is 2.48. The zero-order valence-electron chi connectivity index (χ0n) is 13.5. The van der Waals surface area contributed by atoms with Crippen LogP contribution in [0.2, 0.25) is 10.0 Å². The third-order valence-electron chi connectivity index (χ3n) is 3.14.